The number of methoxy groups -OCH3 is 1. The Morgan fingerprint density at radius 3 is 2.64 bits per heavy atom. The molecular weight excluding hydrogens is 382 g/mol. The quantitative estimate of drug-likeness (QED) is 0.795. The zero-order valence-electron chi connectivity index (χ0n) is 15.8. The van der Waals surface area contributed by atoms with E-state index in [9.17, 15) is 13.2 Å². The van der Waals surface area contributed by atoms with Gasteiger partial charge in [0, 0.05) is 18.2 Å². The van der Waals surface area contributed by atoms with Crippen molar-refractivity contribution in [3.63, 3.8) is 0 Å². The number of carbonyl (C=O) groups excluding carboxylic acids is 1. The number of rotatable bonds is 6. The summed E-state index contributed by atoms with van der Waals surface area (Å²) in [5.41, 5.74) is 1.02. The van der Waals surface area contributed by atoms with Crippen LogP contribution < -0.4 is 19.5 Å². The standard InChI is InChI=1S/C20H23NO6S/c1-14(28(23,24)13-15-5-3-6-17(11-15)25-2)20(22)21-16-7-8-18-19(12-16)27-10-4-9-26-18/h3,5-8,11-12,14H,4,9-10,13H2,1-2H3,(H,21,22). The van der Waals surface area contributed by atoms with Gasteiger partial charge in [-0.25, -0.2) is 8.42 Å². The van der Waals surface area contributed by atoms with Gasteiger partial charge in [-0.15, -0.1) is 0 Å². The number of sulfone groups is 1. The molecule has 1 amide bonds. The van der Waals surface area contributed by atoms with Gasteiger partial charge < -0.3 is 19.5 Å². The van der Waals surface area contributed by atoms with Crippen LogP contribution in [0, 0.1) is 0 Å². The fraction of sp³-hybridized carbons (Fsp3) is 0.350. The van der Waals surface area contributed by atoms with Crippen LogP contribution in [-0.4, -0.2) is 39.9 Å². The van der Waals surface area contributed by atoms with E-state index in [0.29, 0.717) is 41.7 Å². The number of fused-ring (bicyclic) bond motifs is 1. The second-order valence-electron chi connectivity index (χ2n) is 6.50. The summed E-state index contributed by atoms with van der Waals surface area (Å²) in [6.45, 7) is 2.47. The lowest BCUT2D eigenvalue weighted by molar-refractivity contribution is -0.115. The Morgan fingerprint density at radius 1 is 1.14 bits per heavy atom. The van der Waals surface area contributed by atoms with Gasteiger partial charge in [-0.2, -0.15) is 0 Å². The molecule has 7 nitrogen and oxygen atoms in total. The molecule has 0 saturated heterocycles. The minimum absolute atomic E-state index is 0.250. The fourth-order valence-corrected chi connectivity index (χ4v) is 4.05. The first-order valence-electron chi connectivity index (χ1n) is 8.94. The molecule has 1 N–H and O–H groups in total. The van der Waals surface area contributed by atoms with Gasteiger partial charge in [0.2, 0.25) is 5.91 Å². The van der Waals surface area contributed by atoms with E-state index >= 15 is 0 Å². The van der Waals surface area contributed by atoms with Crippen molar-refractivity contribution < 1.29 is 27.4 Å². The number of ether oxygens (including phenoxy) is 3. The van der Waals surface area contributed by atoms with Crippen LogP contribution in [0.3, 0.4) is 0 Å². The maximum absolute atomic E-state index is 12.7. The van der Waals surface area contributed by atoms with Crippen molar-refractivity contribution in [1.29, 1.82) is 0 Å². The predicted octanol–water partition coefficient (Wildman–Crippen LogP) is 2.80. The van der Waals surface area contributed by atoms with Gasteiger partial charge in [-0.05, 0) is 36.8 Å². The maximum atomic E-state index is 12.7. The third-order valence-corrected chi connectivity index (χ3v) is 6.45. The van der Waals surface area contributed by atoms with Crippen molar-refractivity contribution in [3.05, 3.63) is 48.0 Å². The van der Waals surface area contributed by atoms with Crippen LogP contribution in [0.4, 0.5) is 5.69 Å². The van der Waals surface area contributed by atoms with Gasteiger partial charge in [0.05, 0.1) is 26.1 Å². The summed E-state index contributed by atoms with van der Waals surface area (Å²) in [5.74, 6) is 0.852. The van der Waals surface area contributed by atoms with E-state index in [1.165, 1.54) is 14.0 Å². The Labute approximate surface area is 164 Å². The molecule has 8 heteroatoms. The lowest BCUT2D eigenvalue weighted by atomic mass is 10.2. The molecule has 1 aliphatic rings. The van der Waals surface area contributed by atoms with E-state index in [0.717, 1.165) is 6.42 Å². The second-order valence-corrected chi connectivity index (χ2v) is 8.82. The van der Waals surface area contributed by atoms with Gasteiger partial charge >= 0.3 is 0 Å². The molecular formula is C20H23NO6S. The monoisotopic (exact) mass is 405 g/mol. The molecule has 0 aliphatic carbocycles. The van der Waals surface area contributed by atoms with Crippen molar-refractivity contribution in [2.45, 2.75) is 24.3 Å². The maximum Gasteiger partial charge on any atom is 0.242 e. The highest BCUT2D eigenvalue weighted by Gasteiger charge is 2.28. The predicted molar refractivity (Wildman–Crippen MR) is 106 cm³/mol. The van der Waals surface area contributed by atoms with Crippen LogP contribution in [0.5, 0.6) is 17.2 Å². The highest BCUT2D eigenvalue weighted by molar-refractivity contribution is 7.92. The van der Waals surface area contributed by atoms with Gasteiger partial charge in [0.1, 0.15) is 11.0 Å². The van der Waals surface area contributed by atoms with Gasteiger partial charge in [0.15, 0.2) is 21.3 Å². The van der Waals surface area contributed by atoms with Crippen molar-refractivity contribution in [2.75, 3.05) is 25.6 Å². The molecule has 150 valence electrons. The number of anilines is 1. The molecule has 1 atom stereocenters. The lowest BCUT2D eigenvalue weighted by Crippen LogP contribution is -2.33. The highest BCUT2D eigenvalue weighted by atomic mass is 32.2. The van der Waals surface area contributed by atoms with Crippen molar-refractivity contribution in [3.8, 4) is 17.2 Å². The molecule has 2 aromatic carbocycles. The van der Waals surface area contributed by atoms with Crippen molar-refractivity contribution in [2.24, 2.45) is 0 Å². The first kappa shape index (κ1) is 20.0. The number of nitrogens with one attached hydrogen (secondary N) is 1. The van der Waals surface area contributed by atoms with Crippen LogP contribution in [0.15, 0.2) is 42.5 Å². The summed E-state index contributed by atoms with van der Waals surface area (Å²) >= 11 is 0. The lowest BCUT2D eigenvalue weighted by Gasteiger charge is -2.15. The Morgan fingerprint density at radius 2 is 1.89 bits per heavy atom. The molecule has 0 saturated carbocycles. The third-order valence-electron chi connectivity index (χ3n) is 4.42. The van der Waals surface area contributed by atoms with Crippen LogP contribution >= 0.6 is 0 Å². The van der Waals surface area contributed by atoms with Crippen molar-refractivity contribution in [1.82, 2.24) is 0 Å². The van der Waals surface area contributed by atoms with Crippen LogP contribution in [0.25, 0.3) is 0 Å². The Balaban J connectivity index is 1.70. The Kier molecular flexibility index (Phi) is 6.08. The molecule has 1 unspecified atom stereocenters. The molecule has 0 aromatic heterocycles. The van der Waals surface area contributed by atoms with Gasteiger partial charge in [0.25, 0.3) is 0 Å². The normalized spacial score (nSPS) is 14.6. The average Bonchev–Trinajstić information content (AvgIpc) is 2.92. The molecule has 2 aromatic rings. The van der Waals surface area contributed by atoms with E-state index < -0.39 is 21.0 Å². The number of benzene rings is 2. The van der Waals surface area contributed by atoms with E-state index in [1.54, 1.807) is 42.5 Å². The first-order chi connectivity index (χ1) is 13.4. The summed E-state index contributed by atoms with van der Waals surface area (Å²) in [4.78, 5) is 12.5. The number of hydrogen-bond donors (Lipinski definition) is 1. The van der Waals surface area contributed by atoms with E-state index in [4.69, 9.17) is 14.2 Å². The Hall–Kier alpha value is -2.74. The minimum Gasteiger partial charge on any atom is -0.497 e. The molecule has 0 radical (unpaired) electrons. The molecule has 1 aliphatic heterocycles. The molecule has 0 bridgehead atoms. The zero-order chi connectivity index (χ0) is 20.1. The smallest absolute Gasteiger partial charge is 0.242 e. The second kappa shape index (κ2) is 8.52. The third kappa shape index (κ3) is 4.75. The zero-order valence-corrected chi connectivity index (χ0v) is 16.6. The molecule has 0 fully saturated rings. The fourth-order valence-electron chi connectivity index (χ4n) is 2.77. The number of amides is 1. The van der Waals surface area contributed by atoms with Crippen LogP contribution in [0.1, 0.15) is 18.9 Å². The summed E-state index contributed by atoms with van der Waals surface area (Å²) in [6.07, 6.45) is 0.774. The summed E-state index contributed by atoms with van der Waals surface area (Å²) in [5, 5.41) is 1.44. The topological polar surface area (TPSA) is 90.9 Å². The van der Waals surface area contributed by atoms with E-state index in [1.807, 2.05) is 0 Å². The highest BCUT2D eigenvalue weighted by Crippen LogP contribution is 2.32. The number of hydrogen-bond acceptors (Lipinski definition) is 6. The molecule has 0 spiro atoms. The molecule has 1 heterocycles. The first-order valence-corrected chi connectivity index (χ1v) is 10.7. The largest absolute Gasteiger partial charge is 0.497 e. The van der Waals surface area contributed by atoms with Crippen LogP contribution in [0.2, 0.25) is 0 Å². The molecule has 3 rings (SSSR count). The Bertz CT molecular complexity index is 957. The molecule has 28 heavy (non-hydrogen) atoms. The average molecular weight is 405 g/mol. The van der Waals surface area contributed by atoms with Crippen molar-refractivity contribution >= 4 is 21.4 Å². The summed E-state index contributed by atoms with van der Waals surface area (Å²) < 4.78 is 41.6. The van der Waals surface area contributed by atoms with E-state index in [2.05, 4.69) is 5.32 Å². The number of carbonyl (C=O) groups is 1. The van der Waals surface area contributed by atoms with Gasteiger partial charge in [-0.3, -0.25) is 4.79 Å². The SMILES string of the molecule is COc1cccc(CS(=O)(=O)C(C)C(=O)Nc2ccc3c(c2)OCCCO3)c1. The van der Waals surface area contributed by atoms with E-state index in [-0.39, 0.29) is 5.75 Å². The minimum atomic E-state index is -3.70. The summed E-state index contributed by atoms with van der Waals surface area (Å²) in [6, 6.07) is 11.8. The van der Waals surface area contributed by atoms with Gasteiger partial charge in [-0.1, -0.05) is 12.1 Å². The van der Waals surface area contributed by atoms with Crippen LogP contribution in [-0.2, 0) is 20.4 Å². The summed E-state index contributed by atoms with van der Waals surface area (Å²) in [7, 11) is -2.19.